The van der Waals surface area contributed by atoms with Crippen LogP contribution in [0.15, 0.2) is 18.2 Å². The zero-order chi connectivity index (χ0) is 13.0. The first-order valence-corrected chi connectivity index (χ1v) is 6.53. The Balaban J connectivity index is 1.88. The zero-order valence-electron chi connectivity index (χ0n) is 10.7. The van der Waals surface area contributed by atoms with Gasteiger partial charge in [-0.25, -0.2) is 0 Å². The average molecular weight is 251 g/mol. The number of benzene rings is 1. The highest BCUT2D eigenvalue weighted by atomic mass is 16.5. The van der Waals surface area contributed by atoms with Gasteiger partial charge in [-0.15, -0.1) is 0 Å². The molecule has 100 valence electrons. The minimum Gasteiger partial charge on any atom is -0.508 e. The second-order valence-electron chi connectivity index (χ2n) is 4.86. The van der Waals surface area contributed by atoms with Gasteiger partial charge in [0.25, 0.3) is 0 Å². The van der Waals surface area contributed by atoms with E-state index in [-0.39, 0.29) is 23.6 Å². The summed E-state index contributed by atoms with van der Waals surface area (Å²) in [6, 6.07) is 4.73. The number of phenolic OH excluding ortho intramolecular Hbond substituents is 2. The van der Waals surface area contributed by atoms with Crippen LogP contribution in [0.2, 0.25) is 0 Å². The highest BCUT2D eigenvalue weighted by Gasteiger charge is 2.16. The molecule has 2 unspecified atom stereocenters. The van der Waals surface area contributed by atoms with Crippen LogP contribution in [0, 0.1) is 0 Å². The van der Waals surface area contributed by atoms with E-state index in [0.717, 1.165) is 31.6 Å². The average Bonchev–Trinajstić information content (AvgIpc) is 2.37. The number of rotatable bonds is 4. The zero-order valence-corrected chi connectivity index (χ0v) is 10.7. The van der Waals surface area contributed by atoms with Gasteiger partial charge in [-0.05, 0) is 32.3 Å². The molecule has 0 radical (unpaired) electrons. The molecule has 1 aromatic rings. The molecule has 0 spiro atoms. The minimum absolute atomic E-state index is 0.0381. The molecule has 2 atom stereocenters. The molecule has 0 aromatic heterocycles. The monoisotopic (exact) mass is 251 g/mol. The molecular weight excluding hydrogens is 230 g/mol. The third-order valence-electron chi connectivity index (χ3n) is 3.41. The van der Waals surface area contributed by atoms with Crippen LogP contribution >= 0.6 is 0 Å². The first kappa shape index (κ1) is 13.2. The van der Waals surface area contributed by atoms with Crippen LogP contribution in [0.4, 0.5) is 0 Å². The summed E-state index contributed by atoms with van der Waals surface area (Å²) in [5.41, 5.74) is 0.795. The second kappa shape index (κ2) is 6.07. The van der Waals surface area contributed by atoms with Crippen LogP contribution < -0.4 is 5.32 Å². The first-order valence-electron chi connectivity index (χ1n) is 6.53. The smallest absolute Gasteiger partial charge is 0.124 e. The van der Waals surface area contributed by atoms with Crippen LogP contribution in [0.5, 0.6) is 11.5 Å². The minimum atomic E-state index is 0.0381. The van der Waals surface area contributed by atoms with Crippen LogP contribution in [0.25, 0.3) is 0 Å². The SMILES string of the molecule is CC(NCC1CCCCO1)c1ccc(O)cc1O. The van der Waals surface area contributed by atoms with Gasteiger partial charge in [-0.1, -0.05) is 6.07 Å². The standard InChI is InChI=1S/C14H21NO3/c1-10(13-6-5-11(16)8-14(13)17)15-9-12-4-2-3-7-18-12/h5-6,8,10,12,15-17H,2-4,7,9H2,1H3. The van der Waals surface area contributed by atoms with Crippen molar-refractivity contribution in [2.75, 3.05) is 13.2 Å². The summed E-state index contributed by atoms with van der Waals surface area (Å²) in [6.45, 7) is 3.64. The van der Waals surface area contributed by atoms with E-state index in [4.69, 9.17) is 4.74 Å². The summed E-state index contributed by atoms with van der Waals surface area (Å²) in [5.74, 6) is 0.207. The molecule has 2 rings (SSSR count). The molecular formula is C14H21NO3. The van der Waals surface area contributed by atoms with E-state index in [2.05, 4.69) is 5.32 Å². The number of ether oxygens (including phenoxy) is 1. The molecule has 0 bridgehead atoms. The number of nitrogens with one attached hydrogen (secondary N) is 1. The lowest BCUT2D eigenvalue weighted by molar-refractivity contribution is 0.0156. The van der Waals surface area contributed by atoms with Crippen molar-refractivity contribution in [3.05, 3.63) is 23.8 Å². The third kappa shape index (κ3) is 3.37. The normalized spacial score (nSPS) is 21.7. The van der Waals surface area contributed by atoms with Gasteiger partial charge in [0.1, 0.15) is 11.5 Å². The van der Waals surface area contributed by atoms with Crippen molar-refractivity contribution in [1.29, 1.82) is 0 Å². The molecule has 0 aliphatic carbocycles. The Bertz CT molecular complexity index is 389. The molecule has 1 fully saturated rings. The van der Waals surface area contributed by atoms with Gasteiger partial charge in [0.15, 0.2) is 0 Å². The summed E-state index contributed by atoms with van der Waals surface area (Å²) in [6.07, 6.45) is 3.76. The highest BCUT2D eigenvalue weighted by molar-refractivity contribution is 5.40. The van der Waals surface area contributed by atoms with Crippen molar-refractivity contribution < 1.29 is 14.9 Å². The molecule has 1 saturated heterocycles. The van der Waals surface area contributed by atoms with Gasteiger partial charge in [-0.3, -0.25) is 0 Å². The van der Waals surface area contributed by atoms with Gasteiger partial charge >= 0.3 is 0 Å². The van der Waals surface area contributed by atoms with Crippen molar-refractivity contribution in [2.45, 2.75) is 38.3 Å². The van der Waals surface area contributed by atoms with Gasteiger partial charge in [0.05, 0.1) is 6.10 Å². The van der Waals surface area contributed by atoms with Crippen LogP contribution in [0.1, 0.15) is 37.8 Å². The Morgan fingerprint density at radius 3 is 2.89 bits per heavy atom. The quantitative estimate of drug-likeness (QED) is 0.768. The van der Waals surface area contributed by atoms with Crippen molar-refractivity contribution >= 4 is 0 Å². The van der Waals surface area contributed by atoms with Crippen molar-refractivity contribution in [1.82, 2.24) is 5.32 Å². The van der Waals surface area contributed by atoms with E-state index < -0.39 is 0 Å². The van der Waals surface area contributed by atoms with Crippen molar-refractivity contribution in [2.24, 2.45) is 0 Å². The Morgan fingerprint density at radius 2 is 2.22 bits per heavy atom. The molecule has 1 aromatic carbocycles. The van der Waals surface area contributed by atoms with Crippen LogP contribution in [-0.2, 0) is 4.74 Å². The van der Waals surface area contributed by atoms with E-state index in [0.29, 0.717) is 0 Å². The van der Waals surface area contributed by atoms with Crippen LogP contribution in [-0.4, -0.2) is 29.5 Å². The molecule has 4 nitrogen and oxygen atoms in total. The fourth-order valence-corrected chi connectivity index (χ4v) is 2.28. The lowest BCUT2D eigenvalue weighted by Crippen LogP contribution is -2.33. The number of phenols is 2. The first-order chi connectivity index (χ1) is 8.66. The predicted octanol–water partition coefficient (Wildman–Crippen LogP) is 2.32. The largest absolute Gasteiger partial charge is 0.508 e. The van der Waals surface area contributed by atoms with E-state index >= 15 is 0 Å². The maximum absolute atomic E-state index is 9.77. The summed E-state index contributed by atoms with van der Waals surface area (Å²) in [4.78, 5) is 0. The summed E-state index contributed by atoms with van der Waals surface area (Å²) in [7, 11) is 0. The maximum atomic E-state index is 9.77. The predicted molar refractivity (Wildman–Crippen MR) is 69.8 cm³/mol. The highest BCUT2D eigenvalue weighted by Crippen LogP contribution is 2.27. The fraction of sp³-hybridized carbons (Fsp3) is 0.571. The third-order valence-corrected chi connectivity index (χ3v) is 3.41. The molecule has 0 amide bonds. The molecule has 1 heterocycles. The Labute approximate surface area is 108 Å². The van der Waals surface area contributed by atoms with Gasteiger partial charge in [-0.2, -0.15) is 0 Å². The van der Waals surface area contributed by atoms with E-state index in [1.807, 2.05) is 6.92 Å². The molecule has 1 aliphatic heterocycles. The number of aromatic hydroxyl groups is 2. The molecule has 3 N–H and O–H groups in total. The van der Waals surface area contributed by atoms with Crippen LogP contribution in [0.3, 0.4) is 0 Å². The fourth-order valence-electron chi connectivity index (χ4n) is 2.28. The Morgan fingerprint density at radius 1 is 1.39 bits per heavy atom. The van der Waals surface area contributed by atoms with Crippen molar-refractivity contribution in [3.63, 3.8) is 0 Å². The molecule has 4 heteroatoms. The Hall–Kier alpha value is -1.26. The van der Waals surface area contributed by atoms with E-state index in [1.165, 1.54) is 12.5 Å². The lowest BCUT2D eigenvalue weighted by atomic mass is 10.1. The summed E-state index contributed by atoms with van der Waals surface area (Å²) in [5, 5.41) is 22.4. The van der Waals surface area contributed by atoms with Gasteiger partial charge in [0.2, 0.25) is 0 Å². The molecule has 1 aliphatic rings. The van der Waals surface area contributed by atoms with E-state index in [1.54, 1.807) is 12.1 Å². The van der Waals surface area contributed by atoms with Crippen molar-refractivity contribution in [3.8, 4) is 11.5 Å². The van der Waals surface area contributed by atoms with Gasteiger partial charge < -0.3 is 20.3 Å². The maximum Gasteiger partial charge on any atom is 0.124 e. The number of hydrogen-bond donors (Lipinski definition) is 3. The molecule has 0 saturated carbocycles. The molecule has 18 heavy (non-hydrogen) atoms. The van der Waals surface area contributed by atoms with E-state index in [9.17, 15) is 10.2 Å². The second-order valence-corrected chi connectivity index (χ2v) is 4.86. The summed E-state index contributed by atoms with van der Waals surface area (Å²) >= 11 is 0. The topological polar surface area (TPSA) is 61.7 Å². The number of hydrogen-bond acceptors (Lipinski definition) is 4. The Kier molecular flexibility index (Phi) is 4.44. The lowest BCUT2D eigenvalue weighted by Gasteiger charge is -2.25. The van der Waals surface area contributed by atoms with Gasteiger partial charge in [0, 0.05) is 30.8 Å². The summed E-state index contributed by atoms with van der Waals surface area (Å²) < 4.78 is 5.65.